The molecule has 0 N–H and O–H groups in total. The first-order chi connectivity index (χ1) is 14.6. The fraction of sp³-hybridized carbons (Fsp3) is 0.130. The van der Waals surface area contributed by atoms with Gasteiger partial charge < -0.3 is 4.74 Å². The summed E-state index contributed by atoms with van der Waals surface area (Å²) >= 11 is 0. The number of nitriles is 1. The average molecular weight is 400 g/mol. The Bertz CT molecular complexity index is 1280. The summed E-state index contributed by atoms with van der Waals surface area (Å²) in [5, 5.41) is 13.9. The van der Waals surface area contributed by atoms with E-state index in [1.807, 2.05) is 43.3 Å². The lowest BCUT2D eigenvalue weighted by atomic mass is 10.1. The number of nitrogens with zero attached hydrogens (tertiary/aromatic N) is 4. The number of carbonyl (C=O) groups excluding carboxylic acids is 1. The van der Waals surface area contributed by atoms with Crippen molar-refractivity contribution in [1.29, 1.82) is 5.26 Å². The van der Waals surface area contributed by atoms with Crippen LogP contribution in [0.25, 0.3) is 22.3 Å². The highest BCUT2D eigenvalue weighted by atomic mass is 19.1. The predicted octanol–water partition coefficient (Wildman–Crippen LogP) is 4.49. The van der Waals surface area contributed by atoms with Crippen molar-refractivity contribution in [1.82, 2.24) is 14.8 Å². The summed E-state index contributed by atoms with van der Waals surface area (Å²) in [7, 11) is 0. The number of pyridine rings is 1. The predicted molar refractivity (Wildman–Crippen MR) is 109 cm³/mol. The Hall–Kier alpha value is -4.05. The first kappa shape index (κ1) is 19.3. The van der Waals surface area contributed by atoms with Crippen molar-refractivity contribution in [2.45, 2.75) is 20.1 Å². The number of ether oxygens (including phenoxy) is 1. The topological polar surface area (TPSA) is 80.8 Å². The van der Waals surface area contributed by atoms with Crippen LogP contribution in [0.4, 0.5) is 4.39 Å². The van der Waals surface area contributed by atoms with E-state index in [2.05, 4.69) is 10.1 Å². The second kappa shape index (κ2) is 8.13. The van der Waals surface area contributed by atoms with Crippen LogP contribution in [-0.4, -0.2) is 20.7 Å². The summed E-state index contributed by atoms with van der Waals surface area (Å²) in [6.45, 7) is 2.24. The van der Waals surface area contributed by atoms with Gasteiger partial charge >= 0.3 is 5.97 Å². The molecule has 7 heteroatoms. The second-order valence-electron chi connectivity index (χ2n) is 6.61. The molecule has 0 aliphatic rings. The molecule has 0 saturated heterocycles. The molecule has 0 bridgehead atoms. The van der Waals surface area contributed by atoms with E-state index in [4.69, 9.17) is 10.00 Å². The minimum atomic E-state index is -0.614. The van der Waals surface area contributed by atoms with E-state index in [1.54, 1.807) is 16.9 Å². The fourth-order valence-corrected chi connectivity index (χ4v) is 3.18. The van der Waals surface area contributed by atoms with Gasteiger partial charge in [0.25, 0.3) is 0 Å². The number of esters is 1. The monoisotopic (exact) mass is 400 g/mol. The van der Waals surface area contributed by atoms with E-state index in [-0.39, 0.29) is 12.2 Å². The second-order valence-corrected chi connectivity index (χ2v) is 6.61. The van der Waals surface area contributed by atoms with Gasteiger partial charge in [0.15, 0.2) is 5.65 Å². The van der Waals surface area contributed by atoms with Crippen LogP contribution in [0.3, 0.4) is 0 Å². The zero-order valence-corrected chi connectivity index (χ0v) is 16.2. The van der Waals surface area contributed by atoms with E-state index in [1.165, 1.54) is 18.2 Å². The van der Waals surface area contributed by atoms with Crippen LogP contribution in [0.15, 0.2) is 60.8 Å². The van der Waals surface area contributed by atoms with Crippen molar-refractivity contribution in [3.05, 3.63) is 83.3 Å². The molecule has 0 spiro atoms. The van der Waals surface area contributed by atoms with Gasteiger partial charge in [-0.3, -0.25) is 0 Å². The molecule has 0 saturated carbocycles. The third-order valence-corrected chi connectivity index (χ3v) is 4.73. The Labute approximate surface area is 172 Å². The zero-order valence-electron chi connectivity index (χ0n) is 16.2. The van der Waals surface area contributed by atoms with Crippen molar-refractivity contribution in [2.75, 3.05) is 0 Å². The van der Waals surface area contributed by atoms with Crippen LogP contribution in [-0.2, 0) is 17.9 Å². The van der Waals surface area contributed by atoms with Gasteiger partial charge in [-0.2, -0.15) is 10.4 Å². The van der Waals surface area contributed by atoms with Crippen molar-refractivity contribution in [3.63, 3.8) is 0 Å². The molecule has 2 aromatic carbocycles. The van der Waals surface area contributed by atoms with Gasteiger partial charge in [0.1, 0.15) is 12.4 Å². The molecule has 30 heavy (non-hydrogen) atoms. The van der Waals surface area contributed by atoms with Crippen LogP contribution in [0.2, 0.25) is 0 Å². The largest absolute Gasteiger partial charge is 0.457 e. The fourth-order valence-electron chi connectivity index (χ4n) is 3.18. The minimum Gasteiger partial charge on any atom is -0.457 e. The van der Waals surface area contributed by atoms with Crippen molar-refractivity contribution < 1.29 is 13.9 Å². The Kier molecular flexibility index (Phi) is 5.22. The van der Waals surface area contributed by atoms with Gasteiger partial charge in [0, 0.05) is 17.7 Å². The van der Waals surface area contributed by atoms with Gasteiger partial charge in [0.2, 0.25) is 0 Å². The molecule has 4 rings (SSSR count). The smallest absolute Gasteiger partial charge is 0.339 e. The average Bonchev–Trinajstić information content (AvgIpc) is 3.21. The summed E-state index contributed by atoms with van der Waals surface area (Å²) in [4.78, 5) is 17.6. The standard InChI is InChI=1S/C23H17FN4O2/c1-2-28-22-19(13-26-28)18(11-21(27-22)16-6-4-3-5-7-16)23(29)30-14-17-10-15(12-25)8-9-20(17)24/h3-11,13H,2,14H2,1H3. The van der Waals surface area contributed by atoms with Gasteiger partial charge in [-0.25, -0.2) is 18.9 Å². The van der Waals surface area contributed by atoms with E-state index in [0.717, 1.165) is 5.56 Å². The quantitative estimate of drug-likeness (QED) is 0.461. The third kappa shape index (κ3) is 3.63. The lowest BCUT2D eigenvalue weighted by molar-refractivity contribution is 0.0471. The van der Waals surface area contributed by atoms with Gasteiger partial charge in [-0.15, -0.1) is 0 Å². The lowest BCUT2D eigenvalue weighted by Gasteiger charge is -2.10. The molecule has 6 nitrogen and oxygen atoms in total. The molecule has 0 fully saturated rings. The SMILES string of the molecule is CCn1ncc2c(C(=O)OCc3cc(C#N)ccc3F)cc(-c3ccccc3)nc21. The molecule has 0 unspecified atom stereocenters. The number of fused-ring (bicyclic) bond motifs is 1. The summed E-state index contributed by atoms with van der Waals surface area (Å²) in [5.41, 5.74) is 2.77. The third-order valence-electron chi connectivity index (χ3n) is 4.73. The Morgan fingerprint density at radius 2 is 2.00 bits per heavy atom. The number of carbonyl (C=O) groups is 1. The molecule has 4 aromatic rings. The lowest BCUT2D eigenvalue weighted by Crippen LogP contribution is -2.08. The molecule has 0 radical (unpaired) electrons. The number of benzene rings is 2. The summed E-state index contributed by atoms with van der Waals surface area (Å²) in [6.07, 6.45) is 1.58. The molecule has 0 aliphatic carbocycles. The number of hydrogen-bond donors (Lipinski definition) is 0. The highest BCUT2D eigenvalue weighted by molar-refractivity contribution is 6.03. The van der Waals surface area contributed by atoms with E-state index >= 15 is 0 Å². The van der Waals surface area contributed by atoms with Crippen LogP contribution in [0.1, 0.15) is 28.4 Å². The number of aryl methyl sites for hydroxylation is 1. The Balaban J connectivity index is 1.71. The normalized spacial score (nSPS) is 10.7. The molecular weight excluding hydrogens is 383 g/mol. The summed E-state index contributed by atoms with van der Waals surface area (Å²) in [5.74, 6) is -1.15. The minimum absolute atomic E-state index is 0.139. The molecule has 148 valence electrons. The van der Waals surface area contributed by atoms with Crippen LogP contribution < -0.4 is 0 Å². The van der Waals surface area contributed by atoms with Crippen molar-refractivity contribution in [3.8, 4) is 17.3 Å². The molecule has 0 atom stereocenters. The molecule has 0 aliphatic heterocycles. The van der Waals surface area contributed by atoms with Crippen LogP contribution >= 0.6 is 0 Å². The number of aromatic nitrogens is 3. The zero-order chi connectivity index (χ0) is 21.1. The summed E-state index contributed by atoms with van der Waals surface area (Å²) < 4.78 is 21.1. The number of hydrogen-bond acceptors (Lipinski definition) is 5. The van der Waals surface area contributed by atoms with E-state index in [0.29, 0.717) is 34.4 Å². The van der Waals surface area contributed by atoms with Crippen molar-refractivity contribution in [2.24, 2.45) is 0 Å². The molecule has 2 heterocycles. The van der Waals surface area contributed by atoms with E-state index < -0.39 is 11.8 Å². The first-order valence-corrected chi connectivity index (χ1v) is 9.38. The number of rotatable bonds is 5. The first-order valence-electron chi connectivity index (χ1n) is 9.38. The van der Waals surface area contributed by atoms with Crippen LogP contribution in [0, 0.1) is 17.1 Å². The highest BCUT2D eigenvalue weighted by Gasteiger charge is 2.19. The van der Waals surface area contributed by atoms with Gasteiger partial charge in [0.05, 0.1) is 34.5 Å². The van der Waals surface area contributed by atoms with Gasteiger partial charge in [-0.1, -0.05) is 30.3 Å². The Morgan fingerprint density at radius 3 is 2.73 bits per heavy atom. The Morgan fingerprint density at radius 1 is 1.20 bits per heavy atom. The highest BCUT2D eigenvalue weighted by Crippen LogP contribution is 2.26. The van der Waals surface area contributed by atoms with Gasteiger partial charge in [-0.05, 0) is 31.2 Å². The van der Waals surface area contributed by atoms with E-state index in [9.17, 15) is 9.18 Å². The van der Waals surface area contributed by atoms with Crippen molar-refractivity contribution >= 4 is 17.0 Å². The van der Waals surface area contributed by atoms with Crippen LogP contribution in [0.5, 0.6) is 0 Å². The maximum atomic E-state index is 14.0. The molecular formula is C23H17FN4O2. The maximum Gasteiger partial charge on any atom is 0.339 e. The maximum absolute atomic E-state index is 14.0. The molecule has 0 amide bonds. The number of halogens is 1. The molecule has 2 aromatic heterocycles. The summed E-state index contributed by atoms with van der Waals surface area (Å²) in [6, 6.07) is 17.0.